The Morgan fingerprint density at radius 2 is 2.05 bits per heavy atom. The van der Waals surface area contributed by atoms with Gasteiger partial charge < -0.3 is 11.5 Å². The van der Waals surface area contributed by atoms with Crippen LogP contribution in [0.25, 0.3) is 0 Å². The molecule has 20 heavy (non-hydrogen) atoms. The van der Waals surface area contributed by atoms with Crippen molar-refractivity contribution in [2.75, 3.05) is 12.3 Å². The molecule has 1 aliphatic rings. The fraction of sp³-hybridized carbons (Fsp3) is 0.462. The van der Waals surface area contributed by atoms with E-state index < -0.39 is 22.0 Å². The van der Waals surface area contributed by atoms with Crippen molar-refractivity contribution < 1.29 is 13.2 Å². The van der Waals surface area contributed by atoms with Crippen LogP contribution in [-0.2, 0) is 14.8 Å². The summed E-state index contributed by atoms with van der Waals surface area (Å²) in [5, 5.41) is 0. The van der Waals surface area contributed by atoms with Crippen LogP contribution in [0.2, 0.25) is 0 Å². The second-order valence-corrected chi connectivity index (χ2v) is 6.91. The van der Waals surface area contributed by atoms with Crippen LogP contribution >= 0.6 is 0 Å². The van der Waals surface area contributed by atoms with E-state index >= 15 is 0 Å². The lowest BCUT2D eigenvalue weighted by atomic mass is 10.0. The molecule has 0 aliphatic carbocycles. The van der Waals surface area contributed by atoms with Gasteiger partial charge in [-0.1, -0.05) is 12.5 Å². The van der Waals surface area contributed by atoms with Gasteiger partial charge in [0.15, 0.2) is 0 Å². The Balaban J connectivity index is 2.47. The van der Waals surface area contributed by atoms with Crippen molar-refractivity contribution in [1.82, 2.24) is 4.31 Å². The lowest BCUT2D eigenvalue weighted by Gasteiger charge is -2.33. The van der Waals surface area contributed by atoms with Gasteiger partial charge in [0.2, 0.25) is 15.9 Å². The Labute approximate surface area is 118 Å². The fourth-order valence-corrected chi connectivity index (χ4v) is 4.42. The number of piperidine rings is 1. The van der Waals surface area contributed by atoms with Crippen LogP contribution in [0.5, 0.6) is 0 Å². The molecule has 1 fully saturated rings. The molecule has 1 atom stereocenters. The Kier molecular flexibility index (Phi) is 4.01. The Hall–Kier alpha value is -1.60. The third-order valence-corrected chi connectivity index (χ3v) is 5.63. The van der Waals surface area contributed by atoms with E-state index in [9.17, 15) is 13.2 Å². The van der Waals surface area contributed by atoms with Gasteiger partial charge in [-0.3, -0.25) is 4.79 Å². The van der Waals surface area contributed by atoms with Crippen LogP contribution in [0.3, 0.4) is 0 Å². The molecule has 1 unspecified atom stereocenters. The SMILES string of the molecule is Cc1ccc(N)cc1S(=O)(=O)N1CCCCC1C(N)=O. The average molecular weight is 297 g/mol. The van der Waals surface area contributed by atoms with Gasteiger partial charge in [-0.05, 0) is 37.5 Å². The lowest BCUT2D eigenvalue weighted by molar-refractivity contribution is -0.122. The van der Waals surface area contributed by atoms with Crippen molar-refractivity contribution in [2.45, 2.75) is 37.1 Å². The molecular weight excluding hydrogens is 278 g/mol. The molecule has 0 bridgehead atoms. The largest absolute Gasteiger partial charge is 0.399 e. The minimum absolute atomic E-state index is 0.144. The van der Waals surface area contributed by atoms with E-state index in [1.165, 1.54) is 10.4 Å². The molecule has 1 aromatic rings. The van der Waals surface area contributed by atoms with Gasteiger partial charge in [0, 0.05) is 12.2 Å². The maximum Gasteiger partial charge on any atom is 0.244 e. The van der Waals surface area contributed by atoms with Crippen molar-refractivity contribution in [3.05, 3.63) is 23.8 Å². The number of rotatable bonds is 3. The molecule has 1 heterocycles. The van der Waals surface area contributed by atoms with Gasteiger partial charge in [-0.15, -0.1) is 0 Å². The van der Waals surface area contributed by atoms with E-state index in [1.807, 2.05) is 0 Å². The molecule has 0 spiro atoms. The molecule has 1 aliphatic heterocycles. The molecule has 0 radical (unpaired) electrons. The number of benzene rings is 1. The predicted octanol–water partition coefficient (Wildman–Crippen LogP) is 0.606. The van der Waals surface area contributed by atoms with E-state index in [4.69, 9.17) is 11.5 Å². The number of sulfonamides is 1. The summed E-state index contributed by atoms with van der Waals surface area (Å²) in [4.78, 5) is 11.6. The number of carbonyl (C=O) groups is 1. The number of aryl methyl sites for hydroxylation is 1. The number of carbonyl (C=O) groups excluding carboxylic acids is 1. The molecule has 7 heteroatoms. The van der Waals surface area contributed by atoms with E-state index in [0.717, 1.165) is 12.8 Å². The van der Waals surface area contributed by atoms with Crippen molar-refractivity contribution >= 4 is 21.6 Å². The highest BCUT2D eigenvalue weighted by molar-refractivity contribution is 7.89. The Morgan fingerprint density at radius 1 is 1.35 bits per heavy atom. The summed E-state index contributed by atoms with van der Waals surface area (Å²) in [5.74, 6) is -0.602. The van der Waals surface area contributed by atoms with E-state index in [-0.39, 0.29) is 4.90 Å². The summed E-state index contributed by atoms with van der Waals surface area (Å²) in [7, 11) is -3.76. The first-order chi connectivity index (χ1) is 9.34. The van der Waals surface area contributed by atoms with Crippen LogP contribution < -0.4 is 11.5 Å². The fourth-order valence-electron chi connectivity index (χ4n) is 2.50. The van der Waals surface area contributed by atoms with Crippen molar-refractivity contribution in [3.63, 3.8) is 0 Å². The van der Waals surface area contributed by atoms with Crippen molar-refractivity contribution in [3.8, 4) is 0 Å². The van der Waals surface area contributed by atoms with E-state index in [2.05, 4.69) is 0 Å². The van der Waals surface area contributed by atoms with Crippen LogP contribution in [0.4, 0.5) is 5.69 Å². The number of hydrogen-bond acceptors (Lipinski definition) is 4. The zero-order valence-corrected chi connectivity index (χ0v) is 12.2. The number of hydrogen-bond donors (Lipinski definition) is 2. The van der Waals surface area contributed by atoms with Crippen LogP contribution in [0.15, 0.2) is 23.1 Å². The normalized spacial score (nSPS) is 20.8. The first-order valence-electron chi connectivity index (χ1n) is 6.51. The second kappa shape index (κ2) is 5.41. The summed E-state index contributed by atoms with van der Waals surface area (Å²) in [5.41, 5.74) is 12.0. The van der Waals surface area contributed by atoms with Gasteiger partial charge in [-0.2, -0.15) is 4.31 Å². The second-order valence-electron chi connectivity index (χ2n) is 5.05. The smallest absolute Gasteiger partial charge is 0.244 e. The summed E-state index contributed by atoms with van der Waals surface area (Å²) >= 11 is 0. The average Bonchev–Trinajstić information content (AvgIpc) is 2.41. The molecule has 1 amide bonds. The molecular formula is C13H19N3O3S. The van der Waals surface area contributed by atoms with Gasteiger partial charge in [0.05, 0.1) is 4.90 Å². The molecule has 0 aromatic heterocycles. The maximum atomic E-state index is 12.7. The summed E-state index contributed by atoms with van der Waals surface area (Å²) in [6.45, 7) is 2.01. The highest BCUT2D eigenvalue weighted by atomic mass is 32.2. The highest BCUT2D eigenvalue weighted by Crippen LogP contribution is 2.28. The van der Waals surface area contributed by atoms with Crippen molar-refractivity contribution in [2.24, 2.45) is 5.73 Å². The monoisotopic (exact) mass is 297 g/mol. The quantitative estimate of drug-likeness (QED) is 0.797. The minimum Gasteiger partial charge on any atom is -0.399 e. The molecule has 1 saturated heterocycles. The lowest BCUT2D eigenvalue weighted by Crippen LogP contribution is -2.50. The van der Waals surface area contributed by atoms with Crippen LogP contribution in [-0.4, -0.2) is 31.2 Å². The zero-order chi connectivity index (χ0) is 14.9. The Morgan fingerprint density at radius 3 is 2.70 bits per heavy atom. The number of nitrogens with two attached hydrogens (primary N) is 2. The highest BCUT2D eigenvalue weighted by Gasteiger charge is 2.37. The van der Waals surface area contributed by atoms with Gasteiger partial charge >= 0.3 is 0 Å². The zero-order valence-electron chi connectivity index (χ0n) is 11.4. The summed E-state index contributed by atoms with van der Waals surface area (Å²) < 4.78 is 26.7. The maximum absolute atomic E-state index is 12.7. The van der Waals surface area contributed by atoms with E-state index in [0.29, 0.717) is 24.2 Å². The Bertz CT molecular complexity index is 628. The minimum atomic E-state index is -3.76. The van der Waals surface area contributed by atoms with E-state index in [1.54, 1.807) is 19.1 Å². The van der Waals surface area contributed by atoms with Gasteiger partial charge in [0.25, 0.3) is 0 Å². The predicted molar refractivity (Wildman–Crippen MR) is 76.3 cm³/mol. The molecule has 6 nitrogen and oxygen atoms in total. The number of nitrogens with zero attached hydrogens (tertiary/aromatic N) is 1. The van der Waals surface area contributed by atoms with Crippen LogP contribution in [0, 0.1) is 6.92 Å². The van der Waals surface area contributed by atoms with Crippen molar-refractivity contribution in [1.29, 1.82) is 0 Å². The van der Waals surface area contributed by atoms with Gasteiger partial charge in [0.1, 0.15) is 6.04 Å². The molecule has 110 valence electrons. The molecule has 2 rings (SSSR count). The number of nitrogen functional groups attached to an aromatic ring is 1. The number of anilines is 1. The standard InChI is InChI=1S/C13H19N3O3S/c1-9-5-6-10(14)8-12(9)20(18,19)16-7-3-2-4-11(16)13(15)17/h5-6,8,11H,2-4,7,14H2,1H3,(H2,15,17). The molecule has 1 aromatic carbocycles. The first kappa shape index (κ1) is 14.8. The topological polar surface area (TPSA) is 106 Å². The molecule has 4 N–H and O–H groups in total. The summed E-state index contributed by atoms with van der Waals surface area (Å²) in [6.07, 6.45) is 2.00. The van der Waals surface area contributed by atoms with Gasteiger partial charge in [-0.25, -0.2) is 8.42 Å². The van der Waals surface area contributed by atoms with Crippen LogP contribution in [0.1, 0.15) is 24.8 Å². The number of primary amides is 1. The third-order valence-electron chi connectivity index (χ3n) is 3.58. The summed E-state index contributed by atoms with van der Waals surface area (Å²) in [6, 6.07) is 3.97. The molecule has 0 saturated carbocycles. The third kappa shape index (κ3) is 2.64. The first-order valence-corrected chi connectivity index (χ1v) is 7.95. The number of amides is 1.